The summed E-state index contributed by atoms with van der Waals surface area (Å²) in [6.45, 7) is 6.96. The highest BCUT2D eigenvalue weighted by molar-refractivity contribution is 5.74. The molecule has 0 saturated heterocycles. The second-order valence-corrected chi connectivity index (χ2v) is 6.68. The molecule has 2 aromatic rings. The summed E-state index contributed by atoms with van der Waals surface area (Å²) < 4.78 is 2.97. The van der Waals surface area contributed by atoms with Crippen molar-refractivity contribution in [3.8, 4) is 0 Å². The third kappa shape index (κ3) is 4.31. The number of aliphatic hydroxyl groups excluding tert-OH is 1. The molecular weight excluding hydrogens is 322 g/mol. The molecule has 2 rings (SSSR count). The van der Waals surface area contributed by atoms with Crippen molar-refractivity contribution in [2.45, 2.75) is 59.1 Å². The van der Waals surface area contributed by atoms with Gasteiger partial charge in [-0.3, -0.25) is 14.3 Å². The van der Waals surface area contributed by atoms with Crippen LogP contribution in [0, 0.1) is 5.92 Å². The van der Waals surface area contributed by atoms with Crippen LogP contribution in [0.4, 0.5) is 5.95 Å². The average molecular weight is 351 g/mol. The molecule has 2 atom stereocenters. The van der Waals surface area contributed by atoms with Crippen molar-refractivity contribution >= 4 is 17.1 Å². The molecule has 0 aliphatic carbocycles. The van der Waals surface area contributed by atoms with Gasteiger partial charge in [-0.25, -0.2) is 4.79 Å². The number of unbranched alkanes of at least 4 members (excludes halogenated alkanes) is 1. The Balaban J connectivity index is 2.41. The van der Waals surface area contributed by atoms with E-state index in [0.717, 1.165) is 25.8 Å². The predicted molar refractivity (Wildman–Crippen MR) is 99.1 cm³/mol. The zero-order valence-electron chi connectivity index (χ0n) is 15.5. The SMILES string of the molecule is CCCCC(CC)CNc1nc2c(c(=O)[nH]c(=O)n2C)n1CC(C)O. The lowest BCUT2D eigenvalue weighted by Crippen LogP contribution is -2.29. The minimum Gasteiger partial charge on any atom is -0.392 e. The van der Waals surface area contributed by atoms with Crippen molar-refractivity contribution in [3.63, 3.8) is 0 Å². The molecule has 0 aromatic carbocycles. The normalized spacial score (nSPS) is 14.0. The first kappa shape index (κ1) is 19.2. The fourth-order valence-corrected chi connectivity index (χ4v) is 2.99. The molecule has 0 spiro atoms. The van der Waals surface area contributed by atoms with Gasteiger partial charge in [-0.15, -0.1) is 0 Å². The maximum atomic E-state index is 12.3. The number of fused-ring (bicyclic) bond motifs is 1. The predicted octanol–water partition coefficient (Wildman–Crippen LogP) is 1.43. The Hall–Kier alpha value is -2.09. The Morgan fingerprint density at radius 2 is 2.04 bits per heavy atom. The molecule has 2 heterocycles. The lowest BCUT2D eigenvalue weighted by molar-refractivity contribution is 0.175. The zero-order chi connectivity index (χ0) is 18.6. The Labute approximate surface area is 146 Å². The van der Waals surface area contributed by atoms with Crippen LogP contribution in [0.25, 0.3) is 11.2 Å². The molecule has 2 unspecified atom stereocenters. The smallest absolute Gasteiger partial charge is 0.329 e. The van der Waals surface area contributed by atoms with Crippen molar-refractivity contribution in [3.05, 3.63) is 20.8 Å². The number of nitrogens with zero attached hydrogens (tertiary/aromatic N) is 3. The standard InChI is InChI=1S/C17H29N5O3/c1-5-7-8-12(6-2)9-18-16-19-14-13(22(16)10-11(3)23)15(24)20-17(25)21(14)4/h11-12,23H,5-10H2,1-4H3,(H,18,19)(H,20,24,25). The van der Waals surface area contributed by atoms with Crippen LogP contribution in [0.2, 0.25) is 0 Å². The summed E-state index contributed by atoms with van der Waals surface area (Å²) in [5.74, 6) is 1.03. The molecule has 140 valence electrons. The van der Waals surface area contributed by atoms with Gasteiger partial charge < -0.3 is 15.0 Å². The van der Waals surface area contributed by atoms with E-state index in [2.05, 4.69) is 29.1 Å². The van der Waals surface area contributed by atoms with E-state index in [9.17, 15) is 14.7 Å². The molecule has 8 heteroatoms. The molecule has 0 radical (unpaired) electrons. The van der Waals surface area contributed by atoms with Crippen LogP contribution in [0.5, 0.6) is 0 Å². The van der Waals surface area contributed by atoms with Gasteiger partial charge >= 0.3 is 5.69 Å². The summed E-state index contributed by atoms with van der Waals surface area (Å²) in [7, 11) is 1.57. The van der Waals surface area contributed by atoms with Gasteiger partial charge in [0.25, 0.3) is 5.56 Å². The largest absolute Gasteiger partial charge is 0.392 e. The highest BCUT2D eigenvalue weighted by Crippen LogP contribution is 2.18. The quantitative estimate of drug-likeness (QED) is 0.634. The maximum Gasteiger partial charge on any atom is 0.329 e. The number of H-pyrrole nitrogens is 1. The topological polar surface area (TPSA) is 105 Å². The summed E-state index contributed by atoms with van der Waals surface area (Å²) in [5, 5.41) is 13.1. The van der Waals surface area contributed by atoms with E-state index >= 15 is 0 Å². The van der Waals surface area contributed by atoms with Gasteiger partial charge in [-0.1, -0.05) is 33.1 Å². The number of imidazole rings is 1. The first-order valence-electron chi connectivity index (χ1n) is 9.00. The van der Waals surface area contributed by atoms with Crippen molar-refractivity contribution in [2.75, 3.05) is 11.9 Å². The average Bonchev–Trinajstić information content (AvgIpc) is 2.91. The summed E-state index contributed by atoms with van der Waals surface area (Å²) >= 11 is 0. The van der Waals surface area contributed by atoms with E-state index in [1.165, 1.54) is 11.0 Å². The van der Waals surface area contributed by atoms with Gasteiger partial charge in [0, 0.05) is 13.6 Å². The lowest BCUT2D eigenvalue weighted by atomic mass is 9.99. The van der Waals surface area contributed by atoms with Gasteiger partial charge in [0.05, 0.1) is 12.6 Å². The first-order chi connectivity index (χ1) is 11.9. The molecule has 2 aromatic heterocycles. The van der Waals surface area contributed by atoms with Gasteiger partial charge in [0.2, 0.25) is 5.95 Å². The number of hydrogen-bond donors (Lipinski definition) is 3. The maximum absolute atomic E-state index is 12.3. The van der Waals surface area contributed by atoms with Crippen LogP contribution in [-0.4, -0.2) is 36.9 Å². The van der Waals surface area contributed by atoms with Crippen LogP contribution in [0.15, 0.2) is 9.59 Å². The van der Waals surface area contributed by atoms with E-state index in [4.69, 9.17) is 0 Å². The molecule has 25 heavy (non-hydrogen) atoms. The molecular formula is C17H29N5O3. The monoisotopic (exact) mass is 351 g/mol. The molecule has 0 fully saturated rings. The molecule has 0 aliphatic rings. The minimum atomic E-state index is -0.642. The van der Waals surface area contributed by atoms with E-state index in [0.29, 0.717) is 23.0 Å². The van der Waals surface area contributed by atoms with E-state index in [-0.39, 0.29) is 6.54 Å². The number of aromatic nitrogens is 4. The van der Waals surface area contributed by atoms with Crippen LogP contribution >= 0.6 is 0 Å². The molecule has 3 N–H and O–H groups in total. The van der Waals surface area contributed by atoms with Crippen LogP contribution in [-0.2, 0) is 13.6 Å². The van der Waals surface area contributed by atoms with E-state index in [1.54, 1.807) is 18.5 Å². The lowest BCUT2D eigenvalue weighted by Gasteiger charge is -2.17. The number of anilines is 1. The van der Waals surface area contributed by atoms with Gasteiger partial charge in [-0.05, 0) is 19.3 Å². The van der Waals surface area contributed by atoms with Crippen molar-refractivity contribution < 1.29 is 5.11 Å². The zero-order valence-corrected chi connectivity index (χ0v) is 15.5. The summed E-state index contributed by atoms with van der Waals surface area (Å²) in [4.78, 5) is 30.8. The fourth-order valence-electron chi connectivity index (χ4n) is 2.99. The number of rotatable bonds is 9. The Morgan fingerprint density at radius 3 is 2.64 bits per heavy atom. The Morgan fingerprint density at radius 1 is 1.32 bits per heavy atom. The number of aromatic amines is 1. The molecule has 0 aliphatic heterocycles. The second kappa shape index (κ2) is 8.33. The van der Waals surface area contributed by atoms with E-state index in [1.807, 2.05) is 0 Å². The fraction of sp³-hybridized carbons (Fsp3) is 0.706. The minimum absolute atomic E-state index is 0.228. The molecule has 0 bridgehead atoms. The number of nitrogens with one attached hydrogen (secondary N) is 2. The van der Waals surface area contributed by atoms with Crippen molar-refractivity contribution in [2.24, 2.45) is 13.0 Å². The van der Waals surface area contributed by atoms with Crippen LogP contribution < -0.4 is 16.6 Å². The third-order valence-corrected chi connectivity index (χ3v) is 4.55. The van der Waals surface area contributed by atoms with Crippen molar-refractivity contribution in [1.82, 2.24) is 19.1 Å². The number of aryl methyl sites for hydroxylation is 1. The molecule has 0 amide bonds. The van der Waals surface area contributed by atoms with Gasteiger partial charge in [-0.2, -0.15) is 4.98 Å². The van der Waals surface area contributed by atoms with Crippen molar-refractivity contribution in [1.29, 1.82) is 0 Å². The second-order valence-electron chi connectivity index (χ2n) is 6.68. The third-order valence-electron chi connectivity index (χ3n) is 4.55. The summed E-state index contributed by atoms with van der Waals surface area (Å²) in [6, 6.07) is 0. The summed E-state index contributed by atoms with van der Waals surface area (Å²) in [5.41, 5.74) is -0.372. The number of hydrogen-bond acceptors (Lipinski definition) is 5. The van der Waals surface area contributed by atoms with Crippen LogP contribution in [0.1, 0.15) is 46.5 Å². The van der Waals surface area contributed by atoms with E-state index < -0.39 is 17.4 Å². The first-order valence-corrected chi connectivity index (χ1v) is 9.00. The van der Waals surface area contributed by atoms with Gasteiger partial charge in [0.1, 0.15) is 0 Å². The number of aliphatic hydroxyl groups is 1. The van der Waals surface area contributed by atoms with Gasteiger partial charge in [0.15, 0.2) is 11.2 Å². The molecule has 8 nitrogen and oxygen atoms in total. The molecule has 0 saturated carbocycles. The highest BCUT2D eigenvalue weighted by Gasteiger charge is 2.19. The Kier molecular flexibility index (Phi) is 6.41. The summed E-state index contributed by atoms with van der Waals surface area (Å²) in [6.07, 6.45) is 3.89. The van der Waals surface area contributed by atoms with Crippen LogP contribution in [0.3, 0.4) is 0 Å². The Bertz CT molecular complexity index is 818. The highest BCUT2D eigenvalue weighted by atomic mass is 16.3.